The highest BCUT2D eigenvalue weighted by Crippen LogP contribution is 2.41. The summed E-state index contributed by atoms with van der Waals surface area (Å²) in [4.78, 5) is 0. The van der Waals surface area contributed by atoms with Gasteiger partial charge in [-0.2, -0.15) is 13.2 Å². The van der Waals surface area contributed by atoms with Crippen molar-refractivity contribution in [3.05, 3.63) is 42.0 Å². The van der Waals surface area contributed by atoms with E-state index < -0.39 is 5.51 Å². The summed E-state index contributed by atoms with van der Waals surface area (Å²) in [6.45, 7) is 12.2. The highest BCUT2D eigenvalue weighted by atomic mass is 32.2. The van der Waals surface area contributed by atoms with Crippen molar-refractivity contribution in [2.24, 2.45) is 5.41 Å². The Labute approximate surface area is 187 Å². The van der Waals surface area contributed by atoms with Gasteiger partial charge in [-0.05, 0) is 40.8 Å². The normalized spacial score (nSPS) is 21.5. The van der Waals surface area contributed by atoms with Crippen LogP contribution in [0.2, 0.25) is 0 Å². The molecule has 0 aromatic heterocycles. The predicted octanol–water partition coefficient (Wildman–Crippen LogP) is 7.26. The second-order valence-corrected chi connectivity index (χ2v) is 13.2. The molecule has 0 radical (unpaired) electrons. The summed E-state index contributed by atoms with van der Waals surface area (Å²) in [6, 6.07) is 9.01. The third kappa shape index (κ3) is 6.46. The maximum Gasteiger partial charge on any atom is 0.456 e. The Bertz CT molecular complexity index is 695. The average Bonchev–Trinajstić information content (AvgIpc) is 2.68. The van der Waals surface area contributed by atoms with Gasteiger partial charge in [-0.15, -0.1) is 0 Å². The molecule has 1 heterocycles. The zero-order valence-electron chi connectivity index (χ0n) is 18.4. The van der Waals surface area contributed by atoms with Gasteiger partial charge in [-0.25, -0.2) is 4.31 Å². The monoisotopic (exact) mass is 458 g/mol. The van der Waals surface area contributed by atoms with Gasteiger partial charge in [0.2, 0.25) is 0 Å². The van der Waals surface area contributed by atoms with Crippen LogP contribution in [-0.4, -0.2) is 39.7 Å². The SMILES string of the molecule is C=C(c1ccc(C2CCCCC2)cc1)C([S+]1CCN(SC(F)(F)F)CC1)C(C)(C)C. The van der Waals surface area contributed by atoms with Gasteiger partial charge in [0.1, 0.15) is 16.8 Å². The Morgan fingerprint density at radius 1 is 1.03 bits per heavy atom. The molecule has 0 N–H and O–H groups in total. The molecule has 0 spiro atoms. The van der Waals surface area contributed by atoms with E-state index in [4.69, 9.17) is 0 Å². The van der Waals surface area contributed by atoms with Gasteiger partial charge in [0.25, 0.3) is 0 Å². The number of rotatable bonds is 5. The van der Waals surface area contributed by atoms with E-state index >= 15 is 0 Å². The van der Waals surface area contributed by atoms with Gasteiger partial charge >= 0.3 is 5.51 Å². The minimum atomic E-state index is -4.19. The molecule has 1 aliphatic heterocycles. The first-order valence-corrected chi connectivity index (χ1v) is 13.4. The molecule has 1 atom stereocenters. The fraction of sp³-hybridized carbons (Fsp3) is 0.667. The van der Waals surface area contributed by atoms with Crippen LogP contribution in [0.15, 0.2) is 30.8 Å². The molecule has 1 saturated carbocycles. The number of alkyl halides is 3. The number of hydrogen-bond acceptors (Lipinski definition) is 2. The molecule has 2 fully saturated rings. The number of benzene rings is 1. The molecule has 6 heteroatoms. The summed E-state index contributed by atoms with van der Waals surface area (Å²) in [5.74, 6) is 2.31. The van der Waals surface area contributed by atoms with Crippen molar-refractivity contribution in [1.82, 2.24) is 4.31 Å². The van der Waals surface area contributed by atoms with Crippen LogP contribution >= 0.6 is 11.9 Å². The minimum Gasteiger partial charge on any atom is -0.234 e. The van der Waals surface area contributed by atoms with Crippen molar-refractivity contribution in [2.45, 2.75) is 69.6 Å². The first-order chi connectivity index (χ1) is 14.0. The molecule has 30 heavy (non-hydrogen) atoms. The van der Waals surface area contributed by atoms with Crippen molar-refractivity contribution in [3.8, 4) is 0 Å². The highest BCUT2D eigenvalue weighted by Gasteiger charge is 2.45. The largest absolute Gasteiger partial charge is 0.456 e. The molecule has 1 aromatic carbocycles. The Balaban J connectivity index is 1.69. The number of hydrogen-bond donors (Lipinski definition) is 0. The van der Waals surface area contributed by atoms with E-state index in [0.717, 1.165) is 17.1 Å². The topological polar surface area (TPSA) is 3.24 Å². The summed E-state index contributed by atoms with van der Waals surface area (Å²) in [5, 5.41) is 0.288. The van der Waals surface area contributed by atoms with E-state index in [0.29, 0.717) is 19.0 Å². The Morgan fingerprint density at radius 3 is 2.10 bits per heavy atom. The van der Waals surface area contributed by atoms with Crippen LogP contribution < -0.4 is 0 Å². The van der Waals surface area contributed by atoms with Gasteiger partial charge in [-0.1, -0.05) is 70.9 Å². The summed E-state index contributed by atoms with van der Waals surface area (Å²) >= 11 is 0.0341. The third-order valence-electron chi connectivity index (χ3n) is 6.23. The summed E-state index contributed by atoms with van der Waals surface area (Å²) in [6.07, 6.45) is 6.61. The van der Waals surface area contributed by atoms with Gasteiger partial charge in [0, 0.05) is 22.9 Å². The molecule has 3 rings (SSSR count). The van der Waals surface area contributed by atoms with Gasteiger partial charge in [0.15, 0.2) is 0 Å². The molecule has 1 saturated heterocycles. The molecule has 0 amide bonds. The second-order valence-electron chi connectivity index (χ2n) is 9.64. The lowest BCUT2D eigenvalue weighted by Gasteiger charge is -2.36. The molecular weight excluding hydrogens is 423 g/mol. The molecule has 1 aliphatic carbocycles. The zero-order valence-corrected chi connectivity index (χ0v) is 20.1. The first-order valence-electron chi connectivity index (χ1n) is 11.0. The van der Waals surface area contributed by atoms with Crippen LogP contribution in [-0.2, 0) is 10.9 Å². The lowest BCUT2D eigenvalue weighted by Crippen LogP contribution is -2.47. The van der Waals surface area contributed by atoms with Gasteiger partial charge in [-0.3, -0.25) is 0 Å². The van der Waals surface area contributed by atoms with Crippen LogP contribution in [0.1, 0.15) is 69.9 Å². The standard InChI is InChI=1S/C24H35F3NS2/c1-18(19-10-12-21(13-11-19)20-8-6-5-7-9-20)22(23(2,3)4)30-16-14-28(15-17-30)29-24(25,26)27/h10-13,20,22H,1,5-9,14-17H2,2-4H3/q+1. The Hall–Kier alpha value is -0.590. The van der Waals surface area contributed by atoms with Crippen molar-refractivity contribution in [3.63, 3.8) is 0 Å². The average molecular weight is 459 g/mol. The van der Waals surface area contributed by atoms with E-state index in [1.165, 1.54) is 47.5 Å². The molecular formula is C24H35F3NS2+. The molecule has 1 unspecified atom stereocenters. The van der Waals surface area contributed by atoms with Crippen LogP contribution in [0.4, 0.5) is 13.2 Å². The first kappa shape index (κ1) is 24.1. The van der Waals surface area contributed by atoms with Crippen LogP contribution in [0.3, 0.4) is 0 Å². The fourth-order valence-electron chi connectivity index (χ4n) is 4.91. The Morgan fingerprint density at radius 2 is 1.60 bits per heavy atom. The fourth-order valence-corrected chi connectivity index (χ4v) is 8.92. The van der Waals surface area contributed by atoms with Gasteiger partial charge < -0.3 is 0 Å². The molecule has 168 valence electrons. The second kappa shape index (κ2) is 9.91. The maximum absolute atomic E-state index is 12.7. The van der Waals surface area contributed by atoms with E-state index in [-0.39, 0.29) is 33.5 Å². The van der Waals surface area contributed by atoms with Crippen molar-refractivity contribution in [2.75, 3.05) is 24.6 Å². The third-order valence-corrected chi connectivity index (χ3v) is 10.1. The molecule has 1 nitrogen and oxygen atoms in total. The van der Waals surface area contributed by atoms with Crippen LogP contribution in [0, 0.1) is 5.41 Å². The summed E-state index contributed by atoms with van der Waals surface area (Å²) < 4.78 is 39.6. The molecule has 1 aromatic rings. The van der Waals surface area contributed by atoms with Crippen LogP contribution in [0.5, 0.6) is 0 Å². The smallest absolute Gasteiger partial charge is 0.234 e. The lowest BCUT2D eigenvalue weighted by atomic mass is 9.82. The Kier molecular flexibility index (Phi) is 7.95. The summed E-state index contributed by atoms with van der Waals surface area (Å²) in [7, 11) is 0.0369. The lowest BCUT2D eigenvalue weighted by molar-refractivity contribution is -0.0361. The zero-order chi connectivity index (χ0) is 21.9. The number of nitrogens with zero attached hydrogens (tertiary/aromatic N) is 1. The van der Waals surface area contributed by atoms with E-state index in [1.54, 1.807) is 0 Å². The van der Waals surface area contributed by atoms with Crippen molar-refractivity contribution in [1.29, 1.82) is 0 Å². The van der Waals surface area contributed by atoms with Crippen molar-refractivity contribution < 1.29 is 13.2 Å². The quantitative estimate of drug-likeness (QED) is 0.337. The van der Waals surface area contributed by atoms with E-state index in [2.05, 4.69) is 51.6 Å². The summed E-state index contributed by atoms with van der Waals surface area (Å²) in [5.41, 5.74) is -0.379. The van der Waals surface area contributed by atoms with Crippen molar-refractivity contribution >= 4 is 28.4 Å². The minimum absolute atomic E-state index is 0.0293. The maximum atomic E-state index is 12.7. The molecule has 2 aliphatic rings. The van der Waals surface area contributed by atoms with Crippen LogP contribution in [0.25, 0.3) is 5.57 Å². The predicted molar refractivity (Wildman–Crippen MR) is 127 cm³/mol. The molecule has 0 bridgehead atoms. The van der Waals surface area contributed by atoms with Gasteiger partial charge in [0.05, 0.1) is 13.1 Å². The van der Waals surface area contributed by atoms with E-state index in [9.17, 15) is 13.2 Å². The highest BCUT2D eigenvalue weighted by molar-refractivity contribution is 7.99. The van der Waals surface area contributed by atoms with E-state index in [1.807, 2.05) is 0 Å². The number of halogens is 3.